The molecule has 0 aromatic heterocycles. The largest absolute Gasteiger partial charge is 0.330 e. The maximum Gasteiger partial charge on any atom is 0.229 e. The topological polar surface area (TPSA) is 66.5 Å². The zero-order chi connectivity index (χ0) is 27.0. The summed E-state index contributed by atoms with van der Waals surface area (Å²) in [4.78, 5) is 16.3. The average Bonchev–Trinajstić information content (AvgIpc) is 3.69. The summed E-state index contributed by atoms with van der Waals surface area (Å²) in [6, 6.07) is 14.3. The number of piperidine rings is 1. The molecule has 5 atom stereocenters. The highest BCUT2D eigenvalue weighted by Gasteiger charge is 2.52. The SMILES string of the molecule is C=CC[C@@]1(C)CC(c2cccc(Cl)c2)C(c2ccc(Cl)cc2)N([C@@H](CC)[C@H](C)NS(=O)(=O)C2CC2)C1=O. The minimum Gasteiger partial charge on any atom is -0.330 e. The van der Waals surface area contributed by atoms with E-state index in [9.17, 15) is 13.2 Å². The van der Waals surface area contributed by atoms with Crippen LogP contribution in [0.3, 0.4) is 0 Å². The zero-order valence-electron chi connectivity index (χ0n) is 21.7. The van der Waals surface area contributed by atoms with Crippen LogP contribution in [0.25, 0.3) is 0 Å². The summed E-state index contributed by atoms with van der Waals surface area (Å²) >= 11 is 12.7. The van der Waals surface area contributed by atoms with Crippen LogP contribution in [-0.4, -0.2) is 36.6 Å². The van der Waals surface area contributed by atoms with Crippen LogP contribution in [0.1, 0.15) is 76.0 Å². The van der Waals surface area contributed by atoms with Gasteiger partial charge >= 0.3 is 0 Å². The third kappa shape index (κ3) is 5.93. The van der Waals surface area contributed by atoms with Crippen LogP contribution >= 0.6 is 23.2 Å². The first kappa shape index (κ1) is 28.2. The van der Waals surface area contributed by atoms with Gasteiger partial charge in [0, 0.05) is 28.0 Å². The molecule has 1 aliphatic carbocycles. The third-order valence-electron chi connectivity index (χ3n) is 7.85. The average molecular weight is 564 g/mol. The Morgan fingerprint density at radius 3 is 2.38 bits per heavy atom. The molecular weight excluding hydrogens is 527 g/mol. The van der Waals surface area contributed by atoms with E-state index in [1.165, 1.54) is 0 Å². The third-order valence-corrected chi connectivity index (χ3v) is 10.4. The molecule has 2 fully saturated rings. The molecule has 2 aromatic rings. The number of likely N-dealkylation sites (tertiary alicyclic amines) is 1. The predicted molar refractivity (Wildman–Crippen MR) is 151 cm³/mol. The first-order chi connectivity index (χ1) is 17.5. The molecule has 1 saturated heterocycles. The number of rotatable bonds is 10. The van der Waals surface area contributed by atoms with E-state index in [2.05, 4.69) is 17.4 Å². The lowest BCUT2D eigenvalue weighted by molar-refractivity contribution is -0.155. The van der Waals surface area contributed by atoms with Gasteiger partial charge in [-0.15, -0.1) is 6.58 Å². The van der Waals surface area contributed by atoms with Crippen molar-refractivity contribution < 1.29 is 13.2 Å². The molecule has 1 amide bonds. The van der Waals surface area contributed by atoms with Crippen molar-refractivity contribution in [3.8, 4) is 0 Å². The number of benzene rings is 2. The quantitative estimate of drug-likeness (QED) is 0.321. The Kier molecular flexibility index (Phi) is 8.44. The van der Waals surface area contributed by atoms with Crippen molar-refractivity contribution in [2.24, 2.45) is 5.41 Å². The zero-order valence-corrected chi connectivity index (χ0v) is 24.0. The van der Waals surface area contributed by atoms with Crippen LogP contribution in [0.2, 0.25) is 10.0 Å². The normalized spacial score (nSPS) is 26.1. The summed E-state index contributed by atoms with van der Waals surface area (Å²) in [5.74, 6) is -0.0567. The highest BCUT2D eigenvalue weighted by Crippen LogP contribution is 2.52. The van der Waals surface area contributed by atoms with Crippen molar-refractivity contribution in [1.82, 2.24) is 9.62 Å². The number of carbonyl (C=O) groups excluding carboxylic acids is 1. The molecule has 0 bridgehead atoms. The Bertz CT molecular complexity index is 1250. The van der Waals surface area contributed by atoms with Gasteiger partial charge in [0.25, 0.3) is 0 Å². The van der Waals surface area contributed by atoms with Crippen LogP contribution < -0.4 is 4.72 Å². The van der Waals surface area contributed by atoms with Gasteiger partial charge < -0.3 is 4.90 Å². The minimum absolute atomic E-state index is 0.00921. The molecule has 4 rings (SSSR count). The van der Waals surface area contributed by atoms with Gasteiger partial charge in [-0.1, -0.05) is 67.4 Å². The maximum absolute atomic E-state index is 14.4. The second kappa shape index (κ2) is 11.1. The lowest BCUT2D eigenvalue weighted by Crippen LogP contribution is -2.60. The van der Waals surface area contributed by atoms with Gasteiger partial charge in [-0.25, -0.2) is 13.1 Å². The minimum atomic E-state index is -3.43. The molecule has 200 valence electrons. The summed E-state index contributed by atoms with van der Waals surface area (Å²) in [5, 5.41) is 0.923. The van der Waals surface area contributed by atoms with Crippen LogP contribution in [0.4, 0.5) is 0 Å². The first-order valence-electron chi connectivity index (χ1n) is 13.0. The highest BCUT2D eigenvalue weighted by molar-refractivity contribution is 7.90. The second-order valence-electron chi connectivity index (χ2n) is 10.8. The monoisotopic (exact) mass is 562 g/mol. The number of sulfonamides is 1. The fourth-order valence-electron chi connectivity index (χ4n) is 5.86. The van der Waals surface area contributed by atoms with Crippen LogP contribution in [0, 0.1) is 5.41 Å². The van der Waals surface area contributed by atoms with Crippen LogP contribution in [0.5, 0.6) is 0 Å². The Morgan fingerprint density at radius 2 is 1.81 bits per heavy atom. The summed E-state index contributed by atoms with van der Waals surface area (Å²) in [6.07, 6.45) is 4.89. The number of amides is 1. The first-order valence-corrected chi connectivity index (χ1v) is 15.3. The molecule has 5 nitrogen and oxygen atoms in total. The molecule has 2 unspecified atom stereocenters. The maximum atomic E-state index is 14.4. The van der Waals surface area contributed by atoms with Crippen molar-refractivity contribution in [2.45, 2.75) is 82.2 Å². The molecule has 2 aromatic carbocycles. The number of nitrogens with zero attached hydrogens (tertiary/aromatic N) is 1. The van der Waals surface area contributed by atoms with Gasteiger partial charge in [0.1, 0.15) is 0 Å². The number of halogens is 2. The number of hydrogen-bond acceptors (Lipinski definition) is 3. The summed E-state index contributed by atoms with van der Waals surface area (Å²) < 4.78 is 28.7. The van der Waals surface area contributed by atoms with E-state index in [4.69, 9.17) is 23.2 Å². The fraction of sp³-hybridized carbons (Fsp3) is 0.483. The van der Waals surface area contributed by atoms with Crippen molar-refractivity contribution in [2.75, 3.05) is 0 Å². The van der Waals surface area contributed by atoms with Gasteiger partial charge in [-0.05, 0) is 74.4 Å². The molecule has 37 heavy (non-hydrogen) atoms. The Morgan fingerprint density at radius 1 is 1.14 bits per heavy atom. The number of carbonyl (C=O) groups is 1. The smallest absolute Gasteiger partial charge is 0.229 e. The lowest BCUT2D eigenvalue weighted by atomic mass is 9.67. The predicted octanol–water partition coefficient (Wildman–Crippen LogP) is 6.88. The van der Waals surface area contributed by atoms with Crippen molar-refractivity contribution >= 4 is 39.1 Å². The van der Waals surface area contributed by atoms with E-state index in [-0.39, 0.29) is 29.2 Å². The molecule has 8 heteroatoms. The van der Waals surface area contributed by atoms with E-state index >= 15 is 0 Å². The number of nitrogens with one attached hydrogen (secondary N) is 1. The molecule has 1 heterocycles. The highest BCUT2D eigenvalue weighted by atomic mass is 35.5. The van der Waals surface area contributed by atoms with Crippen LogP contribution in [0.15, 0.2) is 61.2 Å². The Balaban J connectivity index is 1.86. The summed E-state index contributed by atoms with van der Waals surface area (Å²) in [6.45, 7) is 9.80. The standard InChI is InChI=1S/C29H36Cl2N2O3S/c1-5-16-29(4)18-25(21-8-7-9-23(31)17-21)27(20-10-12-22(30)13-11-20)33(28(29)34)26(6-2)19(3)32-37(35,36)24-14-15-24/h5,7-13,17,19,24-27,32H,1,6,14-16,18H2,2-4H3/t19-,25?,26-,27?,29-/m0/s1. The van der Waals surface area contributed by atoms with E-state index in [0.717, 1.165) is 11.1 Å². The van der Waals surface area contributed by atoms with Crippen molar-refractivity contribution in [3.63, 3.8) is 0 Å². The summed E-state index contributed by atoms with van der Waals surface area (Å²) in [5.41, 5.74) is 1.31. The Hall–Kier alpha value is -1.86. The van der Waals surface area contributed by atoms with E-state index < -0.39 is 21.5 Å². The van der Waals surface area contributed by atoms with Crippen LogP contribution in [-0.2, 0) is 14.8 Å². The molecule has 1 aliphatic heterocycles. The van der Waals surface area contributed by atoms with Gasteiger partial charge in [0.05, 0.1) is 16.7 Å². The van der Waals surface area contributed by atoms with Crippen molar-refractivity contribution in [3.05, 3.63) is 82.4 Å². The molecule has 0 radical (unpaired) electrons. The van der Waals surface area contributed by atoms with E-state index in [0.29, 0.717) is 42.1 Å². The van der Waals surface area contributed by atoms with Gasteiger partial charge in [-0.2, -0.15) is 0 Å². The molecular formula is C29H36Cl2N2O3S. The second-order valence-corrected chi connectivity index (χ2v) is 13.6. The molecule has 0 spiro atoms. The number of hydrogen-bond donors (Lipinski definition) is 1. The molecule has 1 N–H and O–H groups in total. The van der Waals surface area contributed by atoms with E-state index in [1.807, 2.05) is 68.1 Å². The van der Waals surface area contributed by atoms with Gasteiger partial charge in [0.15, 0.2) is 0 Å². The van der Waals surface area contributed by atoms with Gasteiger partial charge in [0.2, 0.25) is 15.9 Å². The number of allylic oxidation sites excluding steroid dienone is 1. The lowest BCUT2D eigenvalue weighted by Gasteiger charge is -2.53. The summed E-state index contributed by atoms with van der Waals surface area (Å²) in [7, 11) is -3.43. The molecule has 1 saturated carbocycles. The van der Waals surface area contributed by atoms with Crippen molar-refractivity contribution in [1.29, 1.82) is 0 Å². The Labute approximate surface area is 231 Å². The fourth-order valence-corrected chi connectivity index (χ4v) is 7.81. The van der Waals surface area contributed by atoms with E-state index in [1.54, 1.807) is 6.08 Å². The van der Waals surface area contributed by atoms with Gasteiger partial charge in [-0.3, -0.25) is 4.79 Å². The molecule has 2 aliphatic rings.